The van der Waals surface area contributed by atoms with Crippen LogP contribution < -0.4 is 14.2 Å². The van der Waals surface area contributed by atoms with Crippen LogP contribution in [0.4, 0.5) is 9.18 Å². The van der Waals surface area contributed by atoms with Crippen LogP contribution in [-0.4, -0.2) is 42.9 Å². The van der Waals surface area contributed by atoms with E-state index >= 15 is 0 Å². The molecule has 158 valence electrons. The summed E-state index contributed by atoms with van der Waals surface area (Å²) in [5.74, 6) is 0.798. The lowest BCUT2D eigenvalue weighted by atomic mass is 10.2. The predicted molar refractivity (Wildman–Crippen MR) is 116 cm³/mol. The van der Waals surface area contributed by atoms with Gasteiger partial charge in [-0.2, -0.15) is 0 Å². The summed E-state index contributed by atoms with van der Waals surface area (Å²) in [6.45, 7) is 2.52. The van der Waals surface area contributed by atoms with Crippen molar-refractivity contribution in [2.75, 3.05) is 26.9 Å². The van der Waals surface area contributed by atoms with Gasteiger partial charge >= 0.3 is 0 Å². The van der Waals surface area contributed by atoms with E-state index in [1.807, 2.05) is 6.92 Å². The first-order valence-electron chi connectivity index (χ1n) is 9.07. The summed E-state index contributed by atoms with van der Waals surface area (Å²) in [7, 11) is 1.54. The van der Waals surface area contributed by atoms with Gasteiger partial charge in [0.15, 0.2) is 11.5 Å². The maximum absolute atomic E-state index is 12.9. The van der Waals surface area contributed by atoms with Crippen LogP contribution >= 0.6 is 27.7 Å². The number of imide groups is 1. The third-order valence-corrected chi connectivity index (χ3v) is 5.60. The number of methoxy groups -OCH3 is 1. The van der Waals surface area contributed by atoms with Gasteiger partial charge in [0.05, 0.1) is 29.6 Å². The number of halogens is 2. The molecule has 0 radical (unpaired) electrons. The van der Waals surface area contributed by atoms with Crippen LogP contribution in [0.2, 0.25) is 0 Å². The Kier molecular flexibility index (Phi) is 7.38. The largest absolute Gasteiger partial charge is 0.492 e. The quantitative estimate of drug-likeness (QED) is 0.474. The molecule has 1 saturated heterocycles. The summed E-state index contributed by atoms with van der Waals surface area (Å²) in [4.78, 5) is 26.4. The van der Waals surface area contributed by atoms with Crippen molar-refractivity contribution in [3.8, 4) is 17.2 Å². The minimum atomic E-state index is -0.391. The van der Waals surface area contributed by atoms with Gasteiger partial charge in [-0.05, 0) is 82.7 Å². The first kappa shape index (κ1) is 22.2. The Morgan fingerprint density at radius 1 is 1.17 bits per heavy atom. The highest BCUT2D eigenvalue weighted by Gasteiger charge is 2.34. The van der Waals surface area contributed by atoms with Gasteiger partial charge in [-0.25, -0.2) is 4.39 Å². The number of hydrogen-bond acceptors (Lipinski definition) is 6. The van der Waals surface area contributed by atoms with Crippen molar-refractivity contribution < 1.29 is 28.2 Å². The van der Waals surface area contributed by atoms with Crippen LogP contribution in [0.25, 0.3) is 6.08 Å². The van der Waals surface area contributed by atoms with E-state index in [0.717, 1.165) is 16.7 Å². The van der Waals surface area contributed by atoms with Gasteiger partial charge in [-0.15, -0.1) is 0 Å². The number of rotatable bonds is 8. The van der Waals surface area contributed by atoms with E-state index < -0.39 is 5.91 Å². The molecule has 2 amide bonds. The fourth-order valence-corrected chi connectivity index (χ4v) is 4.25. The van der Waals surface area contributed by atoms with Crippen LogP contribution in [-0.2, 0) is 4.79 Å². The number of nitrogens with zero attached hydrogens (tertiary/aromatic N) is 1. The number of ether oxygens (including phenoxy) is 3. The molecular weight excluding hydrogens is 477 g/mol. The van der Waals surface area contributed by atoms with E-state index in [2.05, 4.69) is 15.9 Å². The molecule has 0 N–H and O–H groups in total. The summed E-state index contributed by atoms with van der Waals surface area (Å²) in [5, 5.41) is -0.369. The molecular formula is C21H19BrFNO5S. The topological polar surface area (TPSA) is 65.1 Å². The van der Waals surface area contributed by atoms with Crippen LogP contribution in [0.1, 0.15) is 12.5 Å². The van der Waals surface area contributed by atoms with Crippen LogP contribution in [0.15, 0.2) is 45.8 Å². The van der Waals surface area contributed by atoms with Crippen LogP contribution in [0.5, 0.6) is 17.2 Å². The number of thioether (sulfide) groups is 1. The maximum Gasteiger partial charge on any atom is 0.293 e. The molecule has 0 spiro atoms. The highest BCUT2D eigenvalue weighted by molar-refractivity contribution is 9.10. The molecule has 6 nitrogen and oxygen atoms in total. The molecule has 2 aromatic rings. The lowest BCUT2D eigenvalue weighted by molar-refractivity contribution is -0.123. The molecule has 0 aliphatic carbocycles. The summed E-state index contributed by atoms with van der Waals surface area (Å²) in [6.07, 6.45) is 1.64. The molecule has 0 bridgehead atoms. The van der Waals surface area contributed by atoms with Gasteiger partial charge in [0.25, 0.3) is 11.1 Å². The normalized spacial score (nSPS) is 15.1. The highest BCUT2D eigenvalue weighted by Crippen LogP contribution is 2.39. The van der Waals surface area contributed by atoms with Crippen molar-refractivity contribution in [1.29, 1.82) is 0 Å². The Bertz CT molecular complexity index is 980. The summed E-state index contributed by atoms with van der Waals surface area (Å²) in [6, 6.07) is 9.07. The lowest BCUT2D eigenvalue weighted by Gasteiger charge is -2.13. The second-order valence-corrected chi connectivity index (χ2v) is 7.95. The molecule has 3 rings (SSSR count). The molecule has 1 aliphatic rings. The Labute approximate surface area is 186 Å². The fraction of sp³-hybridized carbons (Fsp3) is 0.238. The number of amides is 2. The van der Waals surface area contributed by atoms with Crippen LogP contribution in [0, 0.1) is 5.82 Å². The van der Waals surface area contributed by atoms with E-state index in [-0.39, 0.29) is 24.2 Å². The number of carbonyl (C=O) groups excluding carboxylic acids is 2. The SMILES string of the molecule is CCOc1cc(/C=C2\SC(=O)N(CCOc3ccc(F)cc3)C2=O)cc(Br)c1OC. The van der Waals surface area contributed by atoms with Crippen molar-refractivity contribution in [1.82, 2.24) is 4.90 Å². The third-order valence-electron chi connectivity index (χ3n) is 4.10. The molecule has 9 heteroatoms. The predicted octanol–water partition coefficient (Wildman–Crippen LogP) is 5.11. The minimum Gasteiger partial charge on any atom is -0.492 e. The average molecular weight is 496 g/mol. The second kappa shape index (κ2) is 9.99. The average Bonchev–Trinajstić information content (AvgIpc) is 2.97. The Morgan fingerprint density at radius 2 is 1.90 bits per heavy atom. The number of hydrogen-bond donors (Lipinski definition) is 0. The smallest absolute Gasteiger partial charge is 0.293 e. The van der Waals surface area contributed by atoms with Crippen LogP contribution in [0.3, 0.4) is 0 Å². The van der Waals surface area contributed by atoms with Crippen molar-refractivity contribution in [2.45, 2.75) is 6.92 Å². The summed E-state index contributed by atoms with van der Waals surface area (Å²) >= 11 is 4.30. The summed E-state index contributed by atoms with van der Waals surface area (Å²) < 4.78 is 30.0. The molecule has 0 aromatic heterocycles. The molecule has 1 heterocycles. The minimum absolute atomic E-state index is 0.0931. The Morgan fingerprint density at radius 3 is 2.57 bits per heavy atom. The van der Waals surface area contributed by atoms with Gasteiger partial charge < -0.3 is 14.2 Å². The zero-order valence-electron chi connectivity index (χ0n) is 16.3. The van der Waals surface area contributed by atoms with E-state index in [9.17, 15) is 14.0 Å². The standard InChI is InChI=1S/C21H19BrFNO5S/c1-3-28-17-11-13(10-16(22)19(17)27-2)12-18-20(25)24(21(26)30-18)8-9-29-15-6-4-14(23)5-7-15/h4-7,10-12H,3,8-9H2,1-2H3/b18-12-. The van der Waals surface area contributed by atoms with Gasteiger partial charge in [0.2, 0.25) is 0 Å². The zero-order valence-corrected chi connectivity index (χ0v) is 18.7. The lowest BCUT2D eigenvalue weighted by Crippen LogP contribution is -2.32. The molecule has 2 aromatic carbocycles. The Hall–Kier alpha value is -2.52. The zero-order chi connectivity index (χ0) is 21.7. The third kappa shape index (κ3) is 5.14. The van der Waals surface area contributed by atoms with E-state index in [1.165, 1.54) is 24.3 Å². The van der Waals surface area contributed by atoms with E-state index in [4.69, 9.17) is 14.2 Å². The first-order valence-corrected chi connectivity index (χ1v) is 10.7. The van der Waals surface area contributed by atoms with Gasteiger partial charge in [0, 0.05) is 0 Å². The van der Waals surface area contributed by atoms with E-state index in [0.29, 0.717) is 38.8 Å². The van der Waals surface area contributed by atoms with Crippen molar-refractivity contribution >= 4 is 44.9 Å². The van der Waals surface area contributed by atoms with Crippen molar-refractivity contribution in [2.24, 2.45) is 0 Å². The summed E-state index contributed by atoms with van der Waals surface area (Å²) in [5.41, 5.74) is 0.694. The van der Waals surface area contributed by atoms with Gasteiger partial charge in [0.1, 0.15) is 18.2 Å². The Balaban J connectivity index is 1.70. The number of benzene rings is 2. The second-order valence-electron chi connectivity index (χ2n) is 6.10. The number of carbonyl (C=O) groups is 2. The van der Waals surface area contributed by atoms with Gasteiger partial charge in [-0.3, -0.25) is 14.5 Å². The molecule has 0 saturated carbocycles. The van der Waals surface area contributed by atoms with E-state index in [1.54, 1.807) is 25.3 Å². The molecule has 1 aliphatic heterocycles. The van der Waals surface area contributed by atoms with Gasteiger partial charge in [-0.1, -0.05) is 0 Å². The molecule has 0 unspecified atom stereocenters. The molecule has 1 fully saturated rings. The van der Waals surface area contributed by atoms with Crippen molar-refractivity contribution in [3.63, 3.8) is 0 Å². The first-order chi connectivity index (χ1) is 14.4. The highest BCUT2D eigenvalue weighted by atomic mass is 79.9. The fourth-order valence-electron chi connectivity index (χ4n) is 2.76. The molecule has 30 heavy (non-hydrogen) atoms. The maximum atomic E-state index is 12.9. The van der Waals surface area contributed by atoms with Crippen molar-refractivity contribution in [3.05, 3.63) is 57.2 Å². The molecule has 0 atom stereocenters. The monoisotopic (exact) mass is 495 g/mol.